The number of carbonyl (C=O) groups is 1. The van der Waals surface area contributed by atoms with E-state index in [1.54, 1.807) is 0 Å². The summed E-state index contributed by atoms with van der Waals surface area (Å²) in [6.07, 6.45) is 3.56. The number of piperidine rings is 1. The number of likely N-dealkylation sites (tertiary alicyclic amines) is 1. The molecule has 2 rings (SSSR count). The van der Waals surface area contributed by atoms with Crippen molar-refractivity contribution in [2.24, 2.45) is 5.92 Å². The van der Waals surface area contributed by atoms with Crippen LogP contribution in [-0.2, 0) is 6.54 Å². The predicted molar refractivity (Wildman–Crippen MR) is 75.0 cm³/mol. The van der Waals surface area contributed by atoms with E-state index in [0.717, 1.165) is 29.9 Å². The summed E-state index contributed by atoms with van der Waals surface area (Å²) in [5, 5.41) is 0. The van der Waals surface area contributed by atoms with Gasteiger partial charge in [-0.25, -0.2) is 0 Å². The molecule has 1 aliphatic rings. The number of hydrogen-bond donors (Lipinski definition) is 0. The highest BCUT2D eigenvalue weighted by molar-refractivity contribution is 5.77. The Morgan fingerprint density at radius 2 is 1.89 bits per heavy atom. The monoisotopic (exact) mass is 245 g/mol. The molecule has 1 saturated heterocycles. The summed E-state index contributed by atoms with van der Waals surface area (Å²) >= 11 is 0. The minimum Gasteiger partial charge on any atom is -0.299 e. The molecule has 0 aromatic heterocycles. The van der Waals surface area contributed by atoms with Crippen molar-refractivity contribution >= 4 is 6.29 Å². The van der Waals surface area contributed by atoms with Crippen LogP contribution in [0.15, 0.2) is 12.1 Å². The molecule has 1 heterocycles. The molecule has 0 unspecified atom stereocenters. The molecule has 18 heavy (non-hydrogen) atoms. The lowest BCUT2D eigenvalue weighted by Gasteiger charge is -2.30. The Balaban J connectivity index is 2.11. The number of carbonyl (C=O) groups excluding carboxylic acids is 1. The van der Waals surface area contributed by atoms with Gasteiger partial charge < -0.3 is 0 Å². The van der Waals surface area contributed by atoms with Crippen molar-refractivity contribution in [1.29, 1.82) is 0 Å². The summed E-state index contributed by atoms with van der Waals surface area (Å²) in [7, 11) is 0. The highest BCUT2D eigenvalue weighted by Crippen LogP contribution is 2.21. The second-order valence-electron chi connectivity index (χ2n) is 5.71. The fraction of sp³-hybridized carbons (Fsp3) is 0.562. The molecule has 0 amide bonds. The van der Waals surface area contributed by atoms with Crippen molar-refractivity contribution in [2.75, 3.05) is 13.1 Å². The third-order valence-electron chi connectivity index (χ3n) is 4.12. The van der Waals surface area contributed by atoms with E-state index in [2.05, 4.69) is 30.9 Å². The minimum absolute atomic E-state index is 0.834. The molecule has 0 atom stereocenters. The fourth-order valence-electron chi connectivity index (χ4n) is 2.67. The summed E-state index contributed by atoms with van der Waals surface area (Å²) in [5.74, 6) is 0.867. The molecule has 1 fully saturated rings. The Morgan fingerprint density at radius 1 is 1.22 bits per heavy atom. The van der Waals surface area contributed by atoms with Crippen LogP contribution in [0.3, 0.4) is 0 Å². The van der Waals surface area contributed by atoms with Crippen molar-refractivity contribution in [1.82, 2.24) is 4.90 Å². The van der Waals surface area contributed by atoms with E-state index in [1.807, 2.05) is 6.92 Å². The van der Waals surface area contributed by atoms with E-state index in [1.165, 1.54) is 37.1 Å². The van der Waals surface area contributed by atoms with Crippen LogP contribution < -0.4 is 0 Å². The molecule has 0 radical (unpaired) electrons. The first-order chi connectivity index (χ1) is 8.60. The largest absolute Gasteiger partial charge is 0.299 e. The zero-order chi connectivity index (χ0) is 13.1. The maximum atomic E-state index is 11.0. The van der Waals surface area contributed by atoms with Gasteiger partial charge in [-0.1, -0.05) is 13.0 Å². The van der Waals surface area contributed by atoms with Gasteiger partial charge in [0, 0.05) is 12.1 Å². The lowest BCUT2D eigenvalue weighted by Crippen LogP contribution is -2.32. The topological polar surface area (TPSA) is 20.3 Å². The Bertz CT molecular complexity index is 431. The number of benzene rings is 1. The van der Waals surface area contributed by atoms with Gasteiger partial charge in [0.25, 0.3) is 0 Å². The van der Waals surface area contributed by atoms with Gasteiger partial charge in [0.05, 0.1) is 0 Å². The quantitative estimate of drug-likeness (QED) is 0.761. The molecule has 2 heteroatoms. The lowest BCUT2D eigenvalue weighted by molar-refractivity contribution is 0.112. The molecule has 0 saturated carbocycles. The number of hydrogen-bond acceptors (Lipinski definition) is 2. The van der Waals surface area contributed by atoms with Gasteiger partial charge >= 0.3 is 0 Å². The zero-order valence-corrected chi connectivity index (χ0v) is 11.7. The molecule has 0 spiro atoms. The molecule has 1 aliphatic heterocycles. The third kappa shape index (κ3) is 2.99. The second-order valence-corrected chi connectivity index (χ2v) is 5.71. The van der Waals surface area contributed by atoms with E-state index >= 15 is 0 Å². The van der Waals surface area contributed by atoms with Crippen LogP contribution in [0.25, 0.3) is 0 Å². The molecule has 98 valence electrons. The zero-order valence-electron chi connectivity index (χ0n) is 11.7. The molecular weight excluding hydrogens is 222 g/mol. The standard InChI is InChI=1S/C16H23NO/c1-12-4-6-17(7-5-12)10-15-9-16(11-18)14(3)8-13(15)2/h8-9,11-12H,4-7,10H2,1-3H3. The van der Waals surface area contributed by atoms with Crippen LogP contribution in [0, 0.1) is 19.8 Å². The summed E-state index contributed by atoms with van der Waals surface area (Å²) < 4.78 is 0. The average molecular weight is 245 g/mol. The van der Waals surface area contributed by atoms with Gasteiger partial charge in [-0.15, -0.1) is 0 Å². The fourth-order valence-corrected chi connectivity index (χ4v) is 2.67. The van der Waals surface area contributed by atoms with Crippen molar-refractivity contribution in [3.63, 3.8) is 0 Å². The first-order valence-electron chi connectivity index (χ1n) is 6.88. The number of rotatable bonds is 3. The Labute approximate surface area is 110 Å². The minimum atomic E-state index is 0.834. The molecule has 1 aromatic carbocycles. The predicted octanol–water partition coefficient (Wildman–Crippen LogP) is 3.35. The van der Waals surface area contributed by atoms with Crippen LogP contribution >= 0.6 is 0 Å². The highest BCUT2D eigenvalue weighted by Gasteiger charge is 2.16. The van der Waals surface area contributed by atoms with Gasteiger partial charge in [0.1, 0.15) is 6.29 Å². The summed E-state index contributed by atoms with van der Waals surface area (Å²) in [6.45, 7) is 9.83. The number of aryl methyl sites for hydroxylation is 2. The summed E-state index contributed by atoms with van der Waals surface area (Å²) in [6, 6.07) is 4.20. The summed E-state index contributed by atoms with van der Waals surface area (Å²) in [4.78, 5) is 13.5. The molecular formula is C16H23NO. The normalized spacial score (nSPS) is 17.9. The summed E-state index contributed by atoms with van der Waals surface area (Å²) in [5.41, 5.74) is 4.52. The molecule has 0 aliphatic carbocycles. The Kier molecular flexibility index (Phi) is 4.18. The Hall–Kier alpha value is -1.15. The van der Waals surface area contributed by atoms with Crippen molar-refractivity contribution in [3.8, 4) is 0 Å². The first kappa shape index (κ1) is 13.3. The third-order valence-corrected chi connectivity index (χ3v) is 4.12. The SMILES string of the molecule is Cc1cc(C)c(CN2CCC(C)CC2)cc1C=O. The first-order valence-corrected chi connectivity index (χ1v) is 6.88. The molecule has 0 N–H and O–H groups in total. The smallest absolute Gasteiger partial charge is 0.150 e. The maximum absolute atomic E-state index is 11.0. The van der Waals surface area contributed by atoms with Crippen LogP contribution in [0.1, 0.15) is 46.8 Å². The van der Waals surface area contributed by atoms with Gasteiger partial charge in [-0.05, 0) is 68.5 Å². The van der Waals surface area contributed by atoms with Gasteiger partial charge in [0.2, 0.25) is 0 Å². The van der Waals surface area contributed by atoms with Gasteiger partial charge in [0.15, 0.2) is 0 Å². The molecule has 2 nitrogen and oxygen atoms in total. The van der Waals surface area contributed by atoms with E-state index in [4.69, 9.17) is 0 Å². The molecule has 1 aromatic rings. The van der Waals surface area contributed by atoms with Crippen LogP contribution in [-0.4, -0.2) is 24.3 Å². The number of aldehydes is 1. The van der Waals surface area contributed by atoms with Crippen molar-refractivity contribution in [3.05, 3.63) is 34.4 Å². The van der Waals surface area contributed by atoms with Crippen LogP contribution in [0.5, 0.6) is 0 Å². The van der Waals surface area contributed by atoms with Gasteiger partial charge in [-0.3, -0.25) is 9.69 Å². The number of nitrogens with zero attached hydrogens (tertiary/aromatic N) is 1. The van der Waals surface area contributed by atoms with Crippen LogP contribution in [0.2, 0.25) is 0 Å². The highest BCUT2D eigenvalue weighted by atomic mass is 16.1. The van der Waals surface area contributed by atoms with Crippen LogP contribution in [0.4, 0.5) is 0 Å². The van der Waals surface area contributed by atoms with Gasteiger partial charge in [-0.2, -0.15) is 0 Å². The van der Waals surface area contributed by atoms with E-state index in [9.17, 15) is 4.79 Å². The lowest BCUT2D eigenvalue weighted by atomic mass is 9.97. The second kappa shape index (κ2) is 5.66. The average Bonchev–Trinajstić information content (AvgIpc) is 2.35. The van der Waals surface area contributed by atoms with E-state index < -0.39 is 0 Å². The maximum Gasteiger partial charge on any atom is 0.150 e. The Morgan fingerprint density at radius 3 is 2.50 bits per heavy atom. The van der Waals surface area contributed by atoms with E-state index in [-0.39, 0.29) is 0 Å². The van der Waals surface area contributed by atoms with Crippen molar-refractivity contribution in [2.45, 2.75) is 40.2 Å². The van der Waals surface area contributed by atoms with Crippen molar-refractivity contribution < 1.29 is 4.79 Å². The molecule has 0 bridgehead atoms. The van der Waals surface area contributed by atoms with E-state index in [0.29, 0.717) is 0 Å².